The molecule has 0 bridgehead atoms. The predicted octanol–water partition coefficient (Wildman–Crippen LogP) is 1.58. The average molecular weight is 183 g/mol. The van der Waals surface area contributed by atoms with Crippen LogP contribution in [0.25, 0.3) is 0 Å². The average Bonchev–Trinajstić information content (AvgIpc) is 2.04. The van der Waals surface area contributed by atoms with Crippen molar-refractivity contribution >= 4 is 11.0 Å². The molecule has 2 nitrogen and oxygen atoms in total. The van der Waals surface area contributed by atoms with Gasteiger partial charge in [0, 0.05) is 0 Å². The fourth-order valence-corrected chi connectivity index (χ4v) is 1.66. The lowest BCUT2D eigenvalue weighted by Crippen LogP contribution is -2.15. The van der Waals surface area contributed by atoms with Gasteiger partial charge in [-0.05, 0) is 33.2 Å². The maximum Gasteiger partial charge on any atom is 0.127 e. The number of benzene rings is 1. The van der Waals surface area contributed by atoms with Gasteiger partial charge in [-0.2, -0.15) is 0 Å². The summed E-state index contributed by atoms with van der Waals surface area (Å²) >= 11 is 0. The highest BCUT2D eigenvalue weighted by Crippen LogP contribution is 2.09. The Morgan fingerprint density at radius 2 is 1.67 bits per heavy atom. The first-order chi connectivity index (χ1) is 5.61. The van der Waals surface area contributed by atoms with Gasteiger partial charge in [0.15, 0.2) is 0 Å². The summed E-state index contributed by atoms with van der Waals surface area (Å²) in [6.45, 7) is 2.02. The minimum absolute atomic E-state index is 0.852. The number of nitrogens with zero attached hydrogens (tertiary/aromatic N) is 1. The van der Waals surface area contributed by atoms with E-state index in [2.05, 4.69) is 0 Å². The van der Waals surface area contributed by atoms with Gasteiger partial charge < -0.3 is 0 Å². The van der Waals surface area contributed by atoms with Gasteiger partial charge in [-0.3, -0.25) is 0 Å². The highest BCUT2D eigenvalue weighted by Gasteiger charge is 2.04. The SMILES string of the molecule is Cc1ccc([S@@](=O)N(C)C)cc1. The summed E-state index contributed by atoms with van der Waals surface area (Å²) < 4.78 is 13.2. The molecule has 0 saturated carbocycles. The normalized spacial score (nSPS) is 13.3. The summed E-state index contributed by atoms with van der Waals surface area (Å²) in [4.78, 5) is 0.852. The van der Waals surface area contributed by atoms with Crippen LogP contribution in [0.5, 0.6) is 0 Å². The zero-order valence-corrected chi connectivity index (χ0v) is 8.39. The first-order valence-electron chi connectivity index (χ1n) is 3.77. The van der Waals surface area contributed by atoms with Crippen molar-refractivity contribution in [3.63, 3.8) is 0 Å². The second-order valence-corrected chi connectivity index (χ2v) is 4.57. The molecule has 0 radical (unpaired) electrons. The highest BCUT2D eigenvalue weighted by atomic mass is 32.2. The Bertz CT molecular complexity index is 279. The Morgan fingerprint density at radius 1 is 1.17 bits per heavy atom. The van der Waals surface area contributed by atoms with Gasteiger partial charge in [0.05, 0.1) is 4.90 Å². The third kappa shape index (κ3) is 2.16. The molecule has 1 aromatic rings. The van der Waals surface area contributed by atoms with Crippen molar-refractivity contribution < 1.29 is 4.21 Å². The molecule has 0 spiro atoms. The smallest absolute Gasteiger partial charge is 0.127 e. The standard InChI is InChI=1S/C9H13NOS/c1-8-4-6-9(7-5-8)12(11)10(2)3/h4-7H,1-3H3/t12-/m1/s1. The maximum atomic E-state index is 11.5. The minimum atomic E-state index is -1.01. The van der Waals surface area contributed by atoms with E-state index in [4.69, 9.17) is 0 Å². The molecular formula is C9H13NOS. The largest absolute Gasteiger partial charge is 0.237 e. The monoisotopic (exact) mass is 183 g/mol. The zero-order chi connectivity index (χ0) is 9.14. The van der Waals surface area contributed by atoms with Crippen LogP contribution in [0.4, 0.5) is 0 Å². The maximum absolute atomic E-state index is 11.5. The van der Waals surface area contributed by atoms with Crippen molar-refractivity contribution in [1.29, 1.82) is 0 Å². The third-order valence-corrected chi connectivity index (χ3v) is 2.89. The lowest BCUT2D eigenvalue weighted by Gasteiger charge is -2.08. The molecular weight excluding hydrogens is 170 g/mol. The summed E-state index contributed by atoms with van der Waals surface area (Å²) in [7, 11) is 2.59. The summed E-state index contributed by atoms with van der Waals surface area (Å²) in [5.41, 5.74) is 1.19. The van der Waals surface area contributed by atoms with Gasteiger partial charge in [-0.1, -0.05) is 17.7 Å². The van der Waals surface area contributed by atoms with Crippen LogP contribution in [0.15, 0.2) is 29.2 Å². The molecule has 0 aliphatic heterocycles. The van der Waals surface area contributed by atoms with Crippen LogP contribution in [0.1, 0.15) is 5.56 Å². The van der Waals surface area contributed by atoms with Gasteiger partial charge in [0.25, 0.3) is 0 Å². The van der Waals surface area contributed by atoms with Crippen molar-refractivity contribution in [2.75, 3.05) is 14.1 Å². The molecule has 66 valence electrons. The molecule has 0 aliphatic rings. The third-order valence-electron chi connectivity index (χ3n) is 1.55. The van der Waals surface area contributed by atoms with E-state index in [0.717, 1.165) is 4.90 Å². The van der Waals surface area contributed by atoms with Crippen LogP contribution in [-0.4, -0.2) is 22.6 Å². The van der Waals surface area contributed by atoms with Crippen LogP contribution in [0.2, 0.25) is 0 Å². The summed E-state index contributed by atoms with van der Waals surface area (Å²) in [5, 5.41) is 0. The van der Waals surface area contributed by atoms with Crippen LogP contribution >= 0.6 is 0 Å². The lowest BCUT2D eigenvalue weighted by atomic mass is 10.2. The quantitative estimate of drug-likeness (QED) is 0.681. The Balaban J connectivity index is 2.90. The molecule has 0 saturated heterocycles. The van der Waals surface area contributed by atoms with E-state index in [1.807, 2.05) is 31.2 Å². The highest BCUT2D eigenvalue weighted by molar-refractivity contribution is 7.82. The Kier molecular flexibility index (Phi) is 3.00. The Labute approximate surface area is 75.8 Å². The molecule has 0 aliphatic carbocycles. The van der Waals surface area contributed by atoms with E-state index in [1.165, 1.54) is 5.56 Å². The summed E-state index contributed by atoms with van der Waals surface area (Å²) in [6, 6.07) is 7.73. The summed E-state index contributed by atoms with van der Waals surface area (Å²) in [6.07, 6.45) is 0. The van der Waals surface area contributed by atoms with Crippen molar-refractivity contribution in [2.24, 2.45) is 0 Å². The van der Waals surface area contributed by atoms with E-state index >= 15 is 0 Å². The molecule has 0 unspecified atom stereocenters. The second-order valence-electron chi connectivity index (χ2n) is 2.87. The first kappa shape index (κ1) is 9.42. The number of rotatable bonds is 2. The van der Waals surface area contributed by atoms with E-state index in [-0.39, 0.29) is 0 Å². The fraction of sp³-hybridized carbons (Fsp3) is 0.333. The van der Waals surface area contributed by atoms with E-state index in [1.54, 1.807) is 18.4 Å². The minimum Gasteiger partial charge on any atom is -0.237 e. The number of hydrogen-bond donors (Lipinski definition) is 0. The van der Waals surface area contributed by atoms with Crippen molar-refractivity contribution in [3.05, 3.63) is 29.8 Å². The van der Waals surface area contributed by atoms with Crippen LogP contribution in [0.3, 0.4) is 0 Å². The van der Waals surface area contributed by atoms with E-state index in [0.29, 0.717) is 0 Å². The molecule has 1 aromatic carbocycles. The number of hydrogen-bond acceptors (Lipinski definition) is 1. The van der Waals surface area contributed by atoms with Gasteiger partial charge in [-0.15, -0.1) is 0 Å². The molecule has 0 fully saturated rings. The van der Waals surface area contributed by atoms with E-state index in [9.17, 15) is 4.21 Å². The van der Waals surface area contributed by atoms with Crippen LogP contribution < -0.4 is 0 Å². The molecule has 0 amide bonds. The van der Waals surface area contributed by atoms with Crippen LogP contribution in [0, 0.1) is 6.92 Å². The first-order valence-corrected chi connectivity index (χ1v) is 4.88. The van der Waals surface area contributed by atoms with Gasteiger partial charge in [0.1, 0.15) is 11.0 Å². The molecule has 3 heteroatoms. The van der Waals surface area contributed by atoms with Crippen LogP contribution in [-0.2, 0) is 11.0 Å². The van der Waals surface area contributed by atoms with Gasteiger partial charge in [0.2, 0.25) is 0 Å². The number of aryl methyl sites for hydroxylation is 1. The lowest BCUT2D eigenvalue weighted by molar-refractivity contribution is 0.603. The van der Waals surface area contributed by atoms with Crippen molar-refractivity contribution in [3.8, 4) is 0 Å². The Hall–Kier alpha value is -0.670. The van der Waals surface area contributed by atoms with Crippen molar-refractivity contribution in [1.82, 2.24) is 4.31 Å². The van der Waals surface area contributed by atoms with Crippen molar-refractivity contribution in [2.45, 2.75) is 11.8 Å². The molecule has 0 heterocycles. The molecule has 1 atom stereocenters. The fourth-order valence-electron chi connectivity index (χ4n) is 0.866. The molecule has 12 heavy (non-hydrogen) atoms. The molecule has 1 rings (SSSR count). The van der Waals surface area contributed by atoms with E-state index < -0.39 is 11.0 Å². The van der Waals surface area contributed by atoms with Gasteiger partial charge >= 0.3 is 0 Å². The second kappa shape index (κ2) is 3.83. The molecule has 0 aromatic heterocycles. The summed E-state index contributed by atoms with van der Waals surface area (Å²) in [5.74, 6) is 0. The molecule has 0 N–H and O–H groups in total. The Morgan fingerprint density at radius 3 is 2.08 bits per heavy atom. The zero-order valence-electron chi connectivity index (χ0n) is 7.57. The topological polar surface area (TPSA) is 20.3 Å². The predicted molar refractivity (Wildman–Crippen MR) is 51.3 cm³/mol. The van der Waals surface area contributed by atoms with Gasteiger partial charge in [-0.25, -0.2) is 8.51 Å².